The number of nitrogens with one attached hydrogen (secondary N) is 1. The highest BCUT2D eigenvalue weighted by Gasteiger charge is 2.10. The summed E-state index contributed by atoms with van der Waals surface area (Å²) in [6.07, 6.45) is 0.679. The normalized spacial score (nSPS) is 10.8. The van der Waals surface area contributed by atoms with E-state index in [-0.39, 0.29) is 17.9 Å². The number of aryl methyl sites for hydroxylation is 3. The minimum Gasteiger partial charge on any atom is -0.326 e. The van der Waals surface area contributed by atoms with Crippen LogP contribution < -0.4 is 10.9 Å². The third-order valence-corrected chi connectivity index (χ3v) is 4.44. The Morgan fingerprint density at radius 1 is 1.12 bits per heavy atom. The molecular weight excluding hydrogens is 314 g/mol. The zero-order valence-electron chi connectivity index (χ0n) is 14.7. The molecule has 0 spiro atoms. The third-order valence-electron chi connectivity index (χ3n) is 4.44. The Hall–Kier alpha value is -2.95. The van der Waals surface area contributed by atoms with Gasteiger partial charge in [0.2, 0.25) is 5.91 Å². The number of fused-ring (bicyclic) bond motifs is 1. The summed E-state index contributed by atoms with van der Waals surface area (Å²) in [6.45, 7) is 4.05. The summed E-state index contributed by atoms with van der Waals surface area (Å²) in [5, 5.41) is 3.49. The van der Waals surface area contributed by atoms with Gasteiger partial charge in [0.05, 0.1) is 10.9 Å². The van der Waals surface area contributed by atoms with Gasteiger partial charge in [0.1, 0.15) is 5.82 Å². The lowest BCUT2D eigenvalue weighted by atomic mass is 10.1. The molecule has 0 bridgehead atoms. The fourth-order valence-electron chi connectivity index (χ4n) is 2.76. The van der Waals surface area contributed by atoms with Crippen LogP contribution in [-0.2, 0) is 18.3 Å². The molecule has 0 radical (unpaired) electrons. The van der Waals surface area contributed by atoms with E-state index in [1.807, 2.05) is 50.2 Å². The Kier molecular flexibility index (Phi) is 4.65. The second-order valence-corrected chi connectivity index (χ2v) is 6.26. The minimum atomic E-state index is -0.0920. The maximum atomic E-state index is 12.4. The Morgan fingerprint density at radius 2 is 1.88 bits per heavy atom. The molecule has 5 heteroatoms. The Balaban J connectivity index is 1.73. The maximum Gasteiger partial charge on any atom is 0.261 e. The summed E-state index contributed by atoms with van der Waals surface area (Å²) < 4.78 is 1.52. The summed E-state index contributed by atoms with van der Waals surface area (Å²) in [7, 11) is 1.69. The van der Waals surface area contributed by atoms with Crippen molar-refractivity contribution in [1.82, 2.24) is 9.55 Å². The van der Waals surface area contributed by atoms with Crippen molar-refractivity contribution in [3.05, 3.63) is 69.8 Å². The number of nitrogens with zero attached hydrogens (tertiary/aromatic N) is 2. The Morgan fingerprint density at radius 3 is 2.64 bits per heavy atom. The lowest BCUT2D eigenvalue weighted by molar-refractivity contribution is -0.116. The first-order valence-electron chi connectivity index (χ1n) is 8.27. The zero-order valence-corrected chi connectivity index (χ0v) is 14.7. The summed E-state index contributed by atoms with van der Waals surface area (Å²) >= 11 is 0. The van der Waals surface area contributed by atoms with Crippen LogP contribution in [0.3, 0.4) is 0 Å². The lowest BCUT2D eigenvalue weighted by Gasteiger charge is -2.10. The van der Waals surface area contributed by atoms with Crippen LogP contribution in [0.4, 0.5) is 5.69 Å². The Bertz CT molecular complexity index is 1010. The van der Waals surface area contributed by atoms with Gasteiger partial charge in [-0.3, -0.25) is 14.2 Å². The van der Waals surface area contributed by atoms with Crippen molar-refractivity contribution in [3.63, 3.8) is 0 Å². The standard InChI is InChI=1S/C20H21N3O2/c1-13-8-9-15(12-14(13)2)21-19(24)11-10-18-22-17-7-5-4-6-16(17)20(25)23(18)3/h4-9,12H,10-11H2,1-3H3,(H,21,24). The van der Waals surface area contributed by atoms with Crippen molar-refractivity contribution < 1.29 is 4.79 Å². The van der Waals surface area contributed by atoms with Gasteiger partial charge in [0, 0.05) is 25.6 Å². The van der Waals surface area contributed by atoms with Crippen molar-refractivity contribution in [1.29, 1.82) is 0 Å². The molecule has 128 valence electrons. The predicted molar refractivity (Wildman–Crippen MR) is 99.9 cm³/mol. The van der Waals surface area contributed by atoms with Crippen molar-refractivity contribution in [2.75, 3.05) is 5.32 Å². The molecule has 0 fully saturated rings. The number of benzene rings is 2. The van der Waals surface area contributed by atoms with E-state index in [2.05, 4.69) is 10.3 Å². The molecule has 2 aromatic carbocycles. The van der Waals surface area contributed by atoms with Crippen LogP contribution in [0.1, 0.15) is 23.4 Å². The van der Waals surface area contributed by atoms with E-state index in [1.54, 1.807) is 13.1 Å². The predicted octanol–water partition coefficient (Wildman–Crippen LogP) is 3.12. The van der Waals surface area contributed by atoms with E-state index in [0.29, 0.717) is 23.1 Å². The first kappa shape index (κ1) is 16.9. The van der Waals surface area contributed by atoms with Crippen LogP contribution in [0, 0.1) is 13.8 Å². The molecular formula is C20H21N3O2. The van der Waals surface area contributed by atoms with Gasteiger partial charge in [0.25, 0.3) is 5.56 Å². The Labute approximate surface area is 146 Å². The largest absolute Gasteiger partial charge is 0.326 e. The first-order valence-corrected chi connectivity index (χ1v) is 8.27. The fourth-order valence-corrected chi connectivity index (χ4v) is 2.76. The van der Waals surface area contributed by atoms with Gasteiger partial charge >= 0.3 is 0 Å². The first-order chi connectivity index (χ1) is 12.0. The SMILES string of the molecule is Cc1ccc(NC(=O)CCc2nc3ccccc3c(=O)n2C)cc1C. The average molecular weight is 335 g/mol. The molecule has 0 saturated heterocycles. The fraction of sp³-hybridized carbons (Fsp3) is 0.250. The molecule has 3 rings (SSSR count). The molecule has 0 atom stereocenters. The van der Waals surface area contributed by atoms with Crippen molar-refractivity contribution >= 4 is 22.5 Å². The molecule has 5 nitrogen and oxygen atoms in total. The highest BCUT2D eigenvalue weighted by Crippen LogP contribution is 2.15. The van der Waals surface area contributed by atoms with E-state index in [9.17, 15) is 9.59 Å². The smallest absolute Gasteiger partial charge is 0.261 e. The summed E-state index contributed by atoms with van der Waals surface area (Å²) in [5.74, 6) is 0.518. The number of carbonyl (C=O) groups is 1. The van der Waals surface area contributed by atoms with Crippen LogP contribution in [0.5, 0.6) is 0 Å². The second kappa shape index (κ2) is 6.89. The summed E-state index contributed by atoms with van der Waals surface area (Å²) in [6, 6.07) is 13.1. The number of hydrogen-bond acceptors (Lipinski definition) is 3. The summed E-state index contributed by atoms with van der Waals surface area (Å²) in [5.41, 5.74) is 3.68. The molecule has 0 aliphatic heterocycles. The molecule has 3 aromatic rings. The van der Waals surface area contributed by atoms with Crippen molar-refractivity contribution in [2.45, 2.75) is 26.7 Å². The second-order valence-electron chi connectivity index (χ2n) is 6.26. The molecule has 25 heavy (non-hydrogen) atoms. The lowest BCUT2D eigenvalue weighted by Crippen LogP contribution is -2.23. The van der Waals surface area contributed by atoms with Crippen LogP contribution in [-0.4, -0.2) is 15.5 Å². The van der Waals surface area contributed by atoms with Gasteiger partial charge in [-0.2, -0.15) is 0 Å². The van der Waals surface area contributed by atoms with E-state index in [4.69, 9.17) is 0 Å². The molecule has 1 heterocycles. The minimum absolute atomic E-state index is 0.0878. The van der Waals surface area contributed by atoms with Gasteiger partial charge in [-0.15, -0.1) is 0 Å². The topological polar surface area (TPSA) is 64.0 Å². The number of hydrogen-bond donors (Lipinski definition) is 1. The monoisotopic (exact) mass is 335 g/mol. The number of carbonyl (C=O) groups excluding carboxylic acids is 1. The molecule has 0 aliphatic carbocycles. The van der Waals surface area contributed by atoms with Gasteiger partial charge in [-0.1, -0.05) is 18.2 Å². The molecule has 0 unspecified atom stereocenters. The zero-order chi connectivity index (χ0) is 18.0. The van der Waals surface area contributed by atoms with E-state index < -0.39 is 0 Å². The van der Waals surface area contributed by atoms with E-state index in [1.165, 1.54) is 10.1 Å². The number of anilines is 1. The quantitative estimate of drug-likeness (QED) is 0.797. The number of aromatic nitrogens is 2. The molecule has 1 amide bonds. The van der Waals surface area contributed by atoms with Gasteiger partial charge in [0.15, 0.2) is 0 Å². The third kappa shape index (κ3) is 3.60. The van der Waals surface area contributed by atoms with Crippen molar-refractivity contribution in [2.24, 2.45) is 7.05 Å². The summed E-state index contributed by atoms with van der Waals surface area (Å²) in [4.78, 5) is 29.1. The van der Waals surface area contributed by atoms with E-state index >= 15 is 0 Å². The van der Waals surface area contributed by atoms with Crippen LogP contribution >= 0.6 is 0 Å². The van der Waals surface area contributed by atoms with Gasteiger partial charge in [-0.25, -0.2) is 4.98 Å². The number of rotatable bonds is 4. The molecule has 1 N–H and O–H groups in total. The number of amides is 1. The van der Waals surface area contributed by atoms with E-state index in [0.717, 1.165) is 11.3 Å². The van der Waals surface area contributed by atoms with Crippen molar-refractivity contribution in [3.8, 4) is 0 Å². The van der Waals surface area contributed by atoms with Crippen LogP contribution in [0.15, 0.2) is 47.3 Å². The molecule has 0 saturated carbocycles. The molecule has 1 aromatic heterocycles. The van der Waals surface area contributed by atoms with Crippen LogP contribution in [0.25, 0.3) is 10.9 Å². The average Bonchev–Trinajstić information content (AvgIpc) is 2.60. The molecule has 0 aliphatic rings. The van der Waals surface area contributed by atoms with Gasteiger partial charge < -0.3 is 5.32 Å². The van der Waals surface area contributed by atoms with Gasteiger partial charge in [-0.05, 0) is 49.2 Å². The highest BCUT2D eigenvalue weighted by atomic mass is 16.1. The number of para-hydroxylation sites is 1. The highest BCUT2D eigenvalue weighted by molar-refractivity contribution is 5.91. The van der Waals surface area contributed by atoms with Crippen LogP contribution in [0.2, 0.25) is 0 Å². The maximum absolute atomic E-state index is 12.4.